The molecule has 0 N–H and O–H groups in total. The largest absolute Gasteiger partial charge is 0.461 e. The zero-order valence-corrected chi connectivity index (χ0v) is 12.2. The number of aromatic nitrogens is 4. The third-order valence-corrected chi connectivity index (χ3v) is 3.71. The van der Waals surface area contributed by atoms with Gasteiger partial charge in [0.15, 0.2) is 5.76 Å². The van der Waals surface area contributed by atoms with Gasteiger partial charge in [-0.25, -0.2) is 9.97 Å². The first kappa shape index (κ1) is 13.1. The minimum atomic E-state index is 0.482. The molecule has 1 aliphatic heterocycles. The first-order valence-corrected chi connectivity index (χ1v) is 7.18. The average molecular weight is 297 g/mol. The zero-order chi connectivity index (χ0) is 14.9. The second kappa shape index (κ2) is 5.34. The summed E-state index contributed by atoms with van der Waals surface area (Å²) in [6.07, 6.45) is 4.46. The Hall–Kier alpha value is -2.54. The molecule has 0 saturated carbocycles. The van der Waals surface area contributed by atoms with Gasteiger partial charge in [0.25, 0.3) is 0 Å². The first-order chi connectivity index (χ1) is 10.8. The first-order valence-electron chi connectivity index (χ1n) is 7.18. The Balaban J connectivity index is 1.48. The van der Waals surface area contributed by atoms with Crippen molar-refractivity contribution in [2.45, 2.75) is 26.4 Å². The molecule has 0 unspecified atom stereocenters. The summed E-state index contributed by atoms with van der Waals surface area (Å²) in [5.74, 6) is 2.48. The van der Waals surface area contributed by atoms with Gasteiger partial charge in [0.2, 0.25) is 11.7 Å². The van der Waals surface area contributed by atoms with E-state index in [2.05, 4.69) is 25.0 Å². The van der Waals surface area contributed by atoms with Gasteiger partial charge in [-0.05, 0) is 31.0 Å². The molecule has 0 aromatic carbocycles. The van der Waals surface area contributed by atoms with Crippen LogP contribution in [-0.4, -0.2) is 31.6 Å². The summed E-state index contributed by atoms with van der Waals surface area (Å²) in [4.78, 5) is 15.4. The van der Waals surface area contributed by atoms with E-state index in [0.29, 0.717) is 24.0 Å². The molecule has 0 radical (unpaired) electrons. The van der Waals surface area contributed by atoms with Gasteiger partial charge in [0.1, 0.15) is 5.82 Å². The topological polar surface area (TPSA) is 81.1 Å². The third-order valence-electron chi connectivity index (χ3n) is 3.71. The van der Waals surface area contributed by atoms with Crippen LogP contribution in [0, 0.1) is 6.92 Å². The number of hydrogen-bond donors (Lipinski definition) is 0. The Morgan fingerprint density at radius 3 is 3.14 bits per heavy atom. The lowest BCUT2D eigenvalue weighted by Gasteiger charge is -2.26. The van der Waals surface area contributed by atoms with E-state index in [9.17, 15) is 0 Å². The second-order valence-electron chi connectivity index (χ2n) is 5.34. The molecule has 0 aliphatic carbocycles. The molecule has 4 heterocycles. The highest BCUT2D eigenvalue weighted by Crippen LogP contribution is 2.20. The van der Waals surface area contributed by atoms with Crippen LogP contribution in [0.3, 0.4) is 0 Å². The smallest absolute Gasteiger partial charge is 0.241 e. The molecular weight excluding hydrogens is 282 g/mol. The van der Waals surface area contributed by atoms with E-state index in [1.165, 1.54) is 5.56 Å². The number of fused-ring (bicyclic) bond motifs is 1. The second-order valence-corrected chi connectivity index (χ2v) is 5.34. The van der Waals surface area contributed by atoms with Crippen molar-refractivity contribution < 1.29 is 8.94 Å². The van der Waals surface area contributed by atoms with Gasteiger partial charge in [-0.2, -0.15) is 4.98 Å². The van der Waals surface area contributed by atoms with Crippen LogP contribution in [0.4, 0.5) is 0 Å². The number of nitrogens with zero attached hydrogens (tertiary/aromatic N) is 5. The summed E-state index contributed by atoms with van der Waals surface area (Å²) in [6, 6.07) is 3.61. The highest BCUT2D eigenvalue weighted by atomic mass is 16.5. The molecule has 0 amide bonds. The lowest BCUT2D eigenvalue weighted by Crippen LogP contribution is -2.31. The Kier molecular flexibility index (Phi) is 3.19. The lowest BCUT2D eigenvalue weighted by atomic mass is 10.1. The van der Waals surface area contributed by atoms with Crippen molar-refractivity contribution in [2.24, 2.45) is 0 Å². The van der Waals surface area contributed by atoms with Crippen molar-refractivity contribution in [3.05, 3.63) is 47.6 Å². The molecule has 0 spiro atoms. The number of furan rings is 1. The minimum absolute atomic E-state index is 0.482. The highest BCUT2D eigenvalue weighted by Gasteiger charge is 2.20. The van der Waals surface area contributed by atoms with Gasteiger partial charge in [0, 0.05) is 19.3 Å². The molecule has 1 aliphatic rings. The fraction of sp³-hybridized carbons (Fsp3) is 0.333. The van der Waals surface area contributed by atoms with Crippen LogP contribution in [0.5, 0.6) is 0 Å². The maximum absolute atomic E-state index is 5.31. The molecule has 0 bridgehead atoms. The maximum atomic E-state index is 5.31. The summed E-state index contributed by atoms with van der Waals surface area (Å²) in [6.45, 7) is 4.22. The number of aryl methyl sites for hydroxylation is 1. The number of hydrogen-bond acceptors (Lipinski definition) is 7. The third kappa shape index (κ3) is 2.50. The van der Waals surface area contributed by atoms with Gasteiger partial charge >= 0.3 is 0 Å². The molecule has 3 aromatic heterocycles. The van der Waals surface area contributed by atoms with Gasteiger partial charge < -0.3 is 8.94 Å². The zero-order valence-electron chi connectivity index (χ0n) is 12.2. The van der Waals surface area contributed by atoms with E-state index in [4.69, 9.17) is 8.94 Å². The molecule has 3 aromatic rings. The van der Waals surface area contributed by atoms with Crippen molar-refractivity contribution in [2.75, 3.05) is 6.54 Å². The summed E-state index contributed by atoms with van der Waals surface area (Å²) < 4.78 is 10.6. The number of rotatable bonds is 3. The Morgan fingerprint density at radius 2 is 2.27 bits per heavy atom. The molecule has 7 nitrogen and oxygen atoms in total. The average Bonchev–Trinajstić information content (AvgIpc) is 3.17. The van der Waals surface area contributed by atoms with Gasteiger partial charge in [-0.15, -0.1) is 0 Å². The summed E-state index contributed by atoms with van der Waals surface area (Å²) in [5.41, 5.74) is 2.31. The van der Waals surface area contributed by atoms with Crippen LogP contribution in [0.25, 0.3) is 11.6 Å². The molecule has 0 fully saturated rings. The Morgan fingerprint density at radius 1 is 1.32 bits per heavy atom. The lowest BCUT2D eigenvalue weighted by molar-refractivity contribution is 0.207. The van der Waals surface area contributed by atoms with Gasteiger partial charge in [-0.3, -0.25) is 4.90 Å². The van der Waals surface area contributed by atoms with Crippen molar-refractivity contribution >= 4 is 0 Å². The Bertz CT molecular complexity index is 781. The van der Waals surface area contributed by atoms with E-state index >= 15 is 0 Å². The van der Waals surface area contributed by atoms with Crippen LogP contribution >= 0.6 is 0 Å². The molecule has 0 atom stereocenters. The summed E-state index contributed by atoms with van der Waals surface area (Å²) in [7, 11) is 0. The highest BCUT2D eigenvalue weighted by molar-refractivity contribution is 5.44. The van der Waals surface area contributed by atoms with Crippen molar-refractivity contribution in [1.29, 1.82) is 0 Å². The van der Waals surface area contributed by atoms with Crippen LogP contribution in [0.2, 0.25) is 0 Å². The normalized spacial score (nSPS) is 15.0. The Labute approximate surface area is 127 Å². The van der Waals surface area contributed by atoms with Crippen LogP contribution in [-0.2, 0) is 19.5 Å². The van der Waals surface area contributed by atoms with Crippen LogP contribution in [0.1, 0.15) is 23.0 Å². The molecule has 7 heteroatoms. The molecule has 112 valence electrons. The molecule has 4 rings (SSSR count). The fourth-order valence-corrected chi connectivity index (χ4v) is 2.61. The van der Waals surface area contributed by atoms with Crippen molar-refractivity contribution in [3.8, 4) is 11.6 Å². The molecule has 22 heavy (non-hydrogen) atoms. The SMILES string of the molecule is Cc1ncc2c(n1)CN(Cc1nc(-c3ccco3)no1)CC2. The van der Waals surface area contributed by atoms with E-state index in [0.717, 1.165) is 31.0 Å². The van der Waals surface area contributed by atoms with E-state index < -0.39 is 0 Å². The van der Waals surface area contributed by atoms with E-state index in [-0.39, 0.29) is 0 Å². The van der Waals surface area contributed by atoms with Crippen LogP contribution < -0.4 is 0 Å². The van der Waals surface area contributed by atoms with Crippen LogP contribution in [0.15, 0.2) is 33.5 Å². The predicted octanol–water partition coefficient (Wildman–Crippen LogP) is 1.99. The predicted molar refractivity (Wildman–Crippen MR) is 76.6 cm³/mol. The monoisotopic (exact) mass is 297 g/mol. The molecule has 0 saturated heterocycles. The van der Waals surface area contributed by atoms with E-state index in [1.807, 2.05) is 19.2 Å². The minimum Gasteiger partial charge on any atom is -0.461 e. The summed E-state index contributed by atoms with van der Waals surface area (Å²) >= 11 is 0. The van der Waals surface area contributed by atoms with Crippen molar-refractivity contribution in [3.63, 3.8) is 0 Å². The fourth-order valence-electron chi connectivity index (χ4n) is 2.61. The van der Waals surface area contributed by atoms with Gasteiger partial charge in [0.05, 0.1) is 18.5 Å². The quantitative estimate of drug-likeness (QED) is 0.731. The maximum Gasteiger partial charge on any atom is 0.241 e. The van der Waals surface area contributed by atoms with Crippen molar-refractivity contribution in [1.82, 2.24) is 25.0 Å². The van der Waals surface area contributed by atoms with Gasteiger partial charge in [-0.1, -0.05) is 5.16 Å². The standard InChI is InChI=1S/C15H15N5O2/c1-10-16-7-11-4-5-20(8-12(11)17-10)9-14-18-15(19-22-14)13-3-2-6-21-13/h2-3,6-7H,4-5,8-9H2,1H3. The van der Waals surface area contributed by atoms with E-state index in [1.54, 1.807) is 12.3 Å². The molecular formula is C15H15N5O2. The summed E-state index contributed by atoms with van der Waals surface area (Å²) in [5, 5.41) is 3.95.